The van der Waals surface area contributed by atoms with Gasteiger partial charge in [-0.15, -0.1) is 5.10 Å². The molecule has 1 atom stereocenters. The molecule has 0 aliphatic carbocycles. The highest BCUT2D eigenvalue weighted by molar-refractivity contribution is 7.90. The Morgan fingerprint density at radius 1 is 1.12 bits per heavy atom. The summed E-state index contributed by atoms with van der Waals surface area (Å²) in [5.74, 6) is -0.288. The number of amides is 1. The molecular formula is C18H25N3O4S. The number of rotatable bonds is 5. The van der Waals surface area contributed by atoms with Gasteiger partial charge in [0, 0.05) is 11.8 Å². The van der Waals surface area contributed by atoms with Crippen molar-refractivity contribution in [1.82, 2.24) is 15.5 Å². The molecule has 1 aromatic carbocycles. The number of nitrogens with zero attached hydrogens (tertiary/aromatic N) is 2. The van der Waals surface area contributed by atoms with Crippen molar-refractivity contribution >= 4 is 15.7 Å². The SMILES string of the molecule is CC(C)[C@H](NC(=O)c1ccc(C(C)(C)C)cc1)c1nnc(S(C)(=O)=O)o1. The molecule has 1 amide bonds. The number of aromatic nitrogens is 2. The lowest BCUT2D eigenvalue weighted by Gasteiger charge is -2.20. The summed E-state index contributed by atoms with van der Waals surface area (Å²) in [5.41, 5.74) is 1.64. The maximum absolute atomic E-state index is 12.6. The summed E-state index contributed by atoms with van der Waals surface area (Å²) in [6.45, 7) is 10.1. The van der Waals surface area contributed by atoms with Crippen molar-refractivity contribution in [1.29, 1.82) is 0 Å². The molecule has 0 fully saturated rings. The zero-order valence-corrected chi connectivity index (χ0v) is 16.7. The van der Waals surface area contributed by atoms with E-state index in [4.69, 9.17) is 4.42 Å². The predicted molar refractivity (Wildman–Crippen MR) is 97.6 cm³/mol. The first-order chi connectivity index (χ1) is 11.9. The van der Waals surface area contributed by atoms with Crippen molar-refractivity contribution in [3.63, 3.8) is 0 Å². The Morgan fingerprint density at radius 3 is 2.12 bits per heavy atom. The normalized spacial score (nSPS) is 13.7. The third kappa shape index (κ3) is 4.69. The minimum absolute atomic E-state index is 0.00127. The van der Waals surface area contributed by atoms with E-state index in [-0.39, 0.29) is 23.1 Å². The first-order valence-electron chi connectivity index (χ1n) is 8.34. The lowest BCUT2D eigenvalue weighted by atomic mass is 9.86. The van der Waals surface area contributed by atoms with Gasteiger partial charge >= 0.3 is 5.22 Å². The van der Waals surface area contributed by atoms with Crippen molar-refractivity contribution in [3.05, 3.63) is 41.3 Å². The smallest absolute Gasteiger partial charge is 0.335 e. The van der Waals surface area contributed by atoms with Gasteiger partial charge in [-0.25, -0.2) is 8.42 Å². The van der Waals surface area contributed by atoms with Gasteiger partial charge in [-0.05, 0) is 29.0 Å². The standard InChI is InChI=1S/C18H25N3O4S/c1-11(2)14(16-20-21-17(25-16)26(6,23)24)19-15(22)12-7-9-13(10-8-12)18(3,4)5/h7-11,14H,1-6H3,(H,19,22)/t14-/m0/s1. The summed E-state index contributed by atoms with van der Waals surface area (Å²) in [4.78, 5) is 12.6. The van der Waals surface area contributed by atoms with Crippen LogP contribution in [0.1, 0.15) is 62.5 Å². The van der Waals surface area contributed by atoms with E-state index in [9.17, 15) is 13.2 Å². The van der Waals surface area contributed by atoms with Crippen LogP contribution in [0.4, 0.5) is 0 Å². The van der Waals surface area contributed by atoms with E-state index in [2.05, 4.69) is 36.3 Å². The van der Waals surface area contributed by atoms with E-state index < -0.39 is 21.1 Å². The van der Waals surface area contributed by atoms with E-state index in [1.807, 2.05) is 26.0 Å². The lowest BCUT2D eigenvalue weighted by Crippen LogP contribution is -2.32. The minimum Gasteiger partial charge on any atom is -0.410 e. The van der Waals surface area contributed by atoms with Crippen molar-refractivity contribution in [3.8, 4) is 0 Å². The highest BCUT2D eigenvalue weighted by atomic mass is 32.2. The van der Waals surface area contributed by atoms with Gasteiger partial charge in [0.05, 0.1) is 0 Å². The van der Waals surface area contributed by atoms with E-state index in [1.165, 1.54) is 0 Å². The van der Waals surface area contributed by atoms with Crippen LogP contribution in [-0.2, 0) is 15.3 Å². The maximum Gasteiger partial charge on any atom is 0.335 e. The third-order valence-corrected chi connectivity index (χ3v) is 4.77. The number of nitrogens with one attached hydrogen (secondary N) is 1. The Kier molecular flexibility index (Phi) is 5.55. The lowest BCUT2D eigenvalue weighted by molar-refractivity contribution is 0.0915. The third-order valence-electron chi connectivity index (χ3n) is 3.97. The second-order valence-electron chi connectivity index (χ2n) is 7.70. The highest BCUT2D eigenvalue weighted by Crippen LogP contribution is 2.24. The molecule has 0 radical (unpaired) electrons. The van der Waals surface area contributed by atoms with Crippen LogP contribution < -0.4 is 5.32 Å². The molecule has 8 heteroatoms. The molecule has 7 nitrogen and oxygen atoms in total. The summed E-state index contributed by atoms with van der Waals surface area (Å²) in [6, 6.07) is 6.79. The average Bonchev–Trinajstić information content (AvgIpc) is 3.01. The summed E-state index contributed by atoms with van der Waals surface area (Å²) in [6.07, 6.45) is 0.990. The second-order valence-corrected chi connectivity index (χ2v) is 9.59. The second kappa shape index (κ2) is 7.19. The Morgan fingerprint density at radius 2 is 1.69 bits per heavy atom. The van der Waals surface area contributed by atoms with Gasteiger partial charge < -0.3 is 9.73 Å². The maximum atomic E-state index is 12.6. The Balaban J connectivity index is 2.22. The predicted octanol–water partition coefficient (Wildman–Crippen LogP) is 2.90. The molecule has 1 N–H and O–H groups in total. The molecule has 26 heavy (non-hydrogen) atoms. The highest BCUT2D eigenvalue weighted by Gasteiger charge is 2.27. The molecule has 2 aromatic rings. The topological polar surface area (TPSA) is 102 Å². The number of hydrogen-bond donors (Lipinski definition) is 1. The van der Waals surface area contributed by atoms with Crippen LogP contribution in [0.15, 0.2) is 33.9 Å². The number of sulfone groups is 1. The van der Waals surface area contributed by atoms with Gasteiger partial charge in [0.15, 0.2) is 0 Å². The Labute approximate surface area is 154 Å². The molecular weight excluding hydrogens is 354 g/mol. The van der Waals surface area contributed by atoms with Crippen molar-refractivity contribution < 1.29 is 17.6 Å². The molecule has 0 saturated heterocycles. The number of hydrogen-bond acceptors (Lipinski definition) is 6. The largest absolute Gasteiger partial charge is 0.410 e. The van der Waals surface area contributed by atoms with Crippen molar-refractivity contribution in [2.45, 2.75) is 51.3 Å². The average molecular weight is 379 g/mol. The monoisotopic (exact) mass is 379 g/mol. The fraction of sp³-hybridized carbons (Fsp3) is 0.500. The van der Waals surface area contributed by atoms with Gasteiger partial charge in [-0.3, -0.25) is 4.79 Å². The van der Waals surface area contributed by atoms with Crippen LogP contribution in [0.3, 0.4) is 0 Å². The molecule has 0 unspecified atom stereocenters. The molecule has 0 aliphatic heterocycles. The molecule has 2 rings (SSSR count). The molecule has 142 valence electrons. The van der Waals surface area contributed by atoms with Crippen LogP contribution >= 0.6 is 0 Å². The molecule has 0 bridgehead atoms. The summed E-state index contributed by atoms with van der Waals surface area (Å²) in [7, 11) is -3.59. The van der Waals surface area contributed by atoms with Crippen LogP contribution in [-0.4, -0.2) is 30.8 Å². The Hall–Kier alpha value is -2.22. The minimum atomic E-state index is -3.59. The molecule has 0 saturated carbocycles. The fourth-order valence-electron chi connectivity index (χ4n) is 2.36. The quantitative estimate of drug-likeness (QED) is 0.857. The fourth-order valence-corrected chi connectivity index (χ4v) is 2.78. The van der Waals surface area contributed by atoms with E-state index in [1.54, 1.807) is 12.1 Å². The van der Waals surface area contributed by atoms with E-state index in [0.717, 1.165) is 11.8 Å². The molecule has 1 heterocycles. The van der Waals surface area contributed by atoms with Crippen LogP contribution in [0.2, 0.25) is 0 Å². The Bertz CT molecular complexity index is 878. The molecule has 0 spiro atoms. The van der Waals surface area contributed by atoms with Gasteiger partial charge in [0.1, 0.15) is 6.04 Å². The number of carbonyl (C=O) groups is 1. The van der Waals surface area contributed by atoms with Gasteiger partial charge in [0.25, 0.3) is 5.91 Å². The van der Waals surface area contributed by atoms with E-state index in [0.29, 0.717) is 5.56 Å². The van der Waals surface area contributed by atoms with Crippen molar-refractivity contribution in [2.75, 3.05) is 6.26 Å². The van der Waals surface area contributed by atoms with Crippen LogP contribution in [0.5, 0.6) is 0 Å². The first kappa shape index (κ1) is 20.1. The van der Waals surface area contributed by atoms with Crippen LogP contribution in [0.25, 0.3) is 0 Å². The summed E-state index contributed by atoms with van der Waals surface area (Å²) >= 11 is 0. The van der Waals surface area contributed by atoms with Gasteiger partial charge in [0.2, 0.25) is 15.7 Å². The zero-order valence-electron chi connectivity index (χ0n) is 15.9. The summed E-state index contributed by atoms with van der Waals surface area (Å²) < 4.78 is 28.3. The summed E-state index contributed by atoms with van der Waals surface area (Å²) in [5, 5.41) is 9.73. The van der Waals surface area contributed by atoms with Crippen LogP contribution in [0, 0.1) is 5.92 Å². The molecule has 0 aliphatic rings. The van der Waals surface area contributed by atoms with Gasteiger partial charge in [-0.1, -0.05) is 51.9 Å². The zero-order chi connectivity index (χ0) is 19.7. The van der Waals surface area contributed by atoms with Crippen molar-refractivity contribution in [2.24, 2.45) is 5.92 Å². The number of carbonyl (C=O) groups excluding carboxylic acids is 1. The number of benzene rings is 1. The molecule has 1 aromatic heterocycles. The first-order valence-corrected chi connectivity index (χ1v) is 10.2. The van der Waals surface area contributed by atoms with E-state index >= 15 is 0 Å². The van der Waals surface area contributed by atoms with Gasteiger partial charge in [-0.2, -0.15) is 0 Å².